The summed E-state index contributed by atoms with van der Waals surface area (Å²) >= 11 is 2.84. The smallest absolute Gasteiger partial charge is 0.263 e. The zero-order chi connectivity index (χ0) is 19.7. The van der Waals surface area contributed by atoms with E-state index in [9.17, 15) is 4.79 Å². The maximum absolute atomic E-state index is 13.4. The van der Waals surface area contributed by atoms with E-state index in [1.165, 1.54) is 11.8 Å². The van der Waals surface area contributed by atoms with Crippen molar-refractivity contribution in [3.05, 3.63) is 38.6 Å². The Morgan fingerprint density at radius 3 is 2.93 bits per heavy atom. The van der Waals surface area contributed by atoms with Crippen LogP contribution in [0, 0.1) is 18.3 Å². The fraction of sp³-hybridized carbons (Fsp3) is 0.421. The largest absolute Gasteiger partial charge is 0.376 e. The Kier molecular flexibility index (Phi) is 5.44. The first kappa shape index (κ1) is 19.1. The van der Waals surface area contributed by atoms with Crippen molar-refractivity contribution in [1.29, 1.82) is 5.26 Å². The van der Waals surface area contributed by atoms with E-state index in [4.69, 9.17) is 15.0 Å². The topological polar surface area (TPSA) is 93.7 Å². The molecular weight excluding hydrogens is 394 g/mol. The van der Waals surface area contributed by atoms with Crippen LogP contribution in [-0.4, -0.2) is 32.5 Å². The molecule has 9 heteroatoms. The first-order valence-corrected chi connectivity index (χ1v) is 10.8. The van der Waals surface area contributed by atoms with Gasteiger partial charge in [0.25, 0.3) is 5.56 Å². The lowest BCUT2D eigenvalue weighted by molar-refractivity contribution is 0.0937. The van der Waals surface area contributed by atoms with Gasteiger partial charge < -0.3 is 4.74 Å². The number of nitrogens with zero attached hydrogens (tertiary/aromatic N) is 5. The second-order valence-electron chi connectivity index (χ2n) is 6.59. The molecule has 0 N–H and O–H groups in total. The molecule has 0 aliphatic carbocycles. The highest BCUT2D eigenvalue weighted by molar-refractivity contribution is 7.99. The highest BCUT2D eigenvalue weighted by atomic mass is 32.2. The first-order chi connectivity index (χ1) is 13.6. The number of rotatable bonds is 5. The van der Waals surface area contributed by atoms with Gasteiger partial charge in [-0.1, -0.05) is 6.92 Å². The second-order valence-corrected chi connectivity index (χ2v) is 8.78. The molecule has 1 fully saturated rings. The van der Waals surface area contributed by atoms with E-state index in [0.717, 1.165) is 46.5 Å². The number of thiophene rings is 1. The Morgan fingerprint density at radius 2 is 2.29 bits per heavy atom. The third-order valence-corrected chi connectivity index (χ3v) is 6.75. The van der Waals surface area contributed by atoms with Crippen LogP contribution in [0.1, 0.15) is 35.9 Å². The molecular formula is C19H19N5O2S2. The third-order valence-electron chi connectivity index (χ3n) is 4.79. The van der Waals surface area contributed by atoms with Crippen molar-refractivity contribution in [2.45, 2.75) is 55.9 Å². The van der Waals surface area contributed by atoms with Gasteiger partial charge in [-0.05, 0) is 55.6 Å². The molecule has 1 unspecified atom stereocenters. The Balaban J connectivity index is 1.82. The third kappa shape index (κ3) is 3.55. The average Bonchev–Trinajstić information content (AvgIpc) is 3.32. The molecule has 0 radical (unpaired) electrons. The summed E-state index contributed by atoms with van der Waals surface area (Å²) in [6.45, 7) is 5.31. The van der Waals surface area contributed by atoms with Crippen molar-refractivity contribution in [3.63, 3.8) is 0 Å². The molecule has 0 saturated carbocycles. The van der Waals surface area contributed by atoms with Crippen LogP contribution >= 0.6 is 23.1 Å². The standard InChI is InChI=1S/C19H19N5O2S2/c1-3-14-11(2)27-17-16(14)18(25)24(10-13-5-4-8-26-13)19(21-17)28-15-7-6-12(9-20)22-23-15/h6-7,13H,3-5,8,10H2,1-2H3. The number of nitriles is 1. The Morgan fingerprint density at radius 1 is 1.43 bits per heavy atom. The lowest BCUT2D eigenvalue weighted by Crippen LogP contribution is -2.28. The van der Waals surface area contributed by atoms with Crippen LogP contribution in [0.2, 0.25) is 0 Å². The van der Waals surface area contributed by atoms with Crippen LogP contribution < -0.4 is 5.56 Å². The summed E-state index contributed by atoms with van der Waals surface area (Å²) in [7, 11) is 0. The summed E-state index contributed by atoms with van der Waals surface area (Å²) in [4.78, 5) is 20.1. The second kappa shape index (κ2) is 7.99. The minimum absolute atomic E-state index is 0.0214. The normalized spacial score (nSPS) is 16.5. The Hall–Kier alpha value is -2.28. The summed E-state index contributed by atoms with van der Waals surface area (Å²) in [6.07, 6.45) is 2.77. The van der Waals surface area contributed by atoms with Crippen molar-refractivity contribution < 1.29 is 4.74 Å². The van der Waals surface area contributed by atoms with Crippen molar-refractivity contribution >= 4 is 33.3 Å². The zero-order valence-electron chi connectivity index (χ0n) is 15.6. The zero-order valence-corrected chi connectivity index (χ0v) is 17.3. The molecule has 1 atom stereocenters. The van der Waals surface area contributed by atoms with Crippen LogP contribution in [0.3, 0.4) is 0 Å². The van der Waals surface area contributed by atoms with E-state index in [2.05, 4.69) is 17.1 Å². The molecule has 3 aromatic rings. The van der Waals surface area contributed by atoms with Crippen molar-refractivity contribution in [2.24, 2.45) is 0 Å². The molecule has 1 aliphatic rings. The molecule has 7 nitrogen and oxygen atoms in total. The summed E-state index contributed by atoms with van der Waals surface area (Å²) in [5.41, 5.74) is 1.31. The van der Waals surface area contributed by atoms with E-state index in [0.29, 0.717) is 16.7 Å². The monoisotopic (exact) mass is 413 g/mol. The molecule has 144 valence electrons. The molecule has 0 amide bonds. The summed E-state index contributed by atoms with van der Waals surface area (Å²) in [6, 6.07) is 5.29. The Bertz CT molecular complexity index is 1110. The van der Waals surface area contributed by atoms with E-state index >= 15 is 0 Å². The molecule has 4 heterocycles. The van der Waals surface area contributed by atoms with Crippen LogP contribution in [0.15, 0.2) is 27.1 Å². The lowest BCUT2D eigenvalue weighted by atomic mass is 10.1. The van der Waals surface area contributed by atoms with Gasteiger partial charge >= 0.3 is 0 Å². The number of hydrogen-bond donors (Lipinski definition) is 0. The number of aryl methyl sites for hydroxylation is 2. The van der Waals surface area contributed by atoms with Crippen LogP contribution in [0.5, 0.6) is 0 Å². The number of hydrogen-bond acceptors (Lipinski definition) is 8. The predicted octanol–water partition coefficient (Wildman–Crippen LogP) is 3.32. The van der Waals surface area contributed by atoms with E-state index < -0.39 is 0 Å². The van der Waals surface area contributed by atoms with E-state index in [1.54, 1.807) is 28.0 Å². The summed E-state index contributed by atoms with van der Waals surface area (Å²) < 4.78 is 7.48. The molecule has 1 aliphatic heterocycles. The number of aromatic nitrogens is 4. The molecule has 0 aromatic carbocycles. The van der Waals surface area contributed by atoms with Gasteiger partial charge in [-0.3, -0.25) is 9.36 Å². The maximum Gasteiger partial charge on any atom is 0.263 e. The van der Waals surface area contributed by atoms with Gasteiger partial charge in [0.15, 0.2) is 10.9 Å². The molecule has 3 aromatic heterocycles. The molecule has 1 saturated heterocycles. The van der Waals surface area contributed by atoms with Crippen LogP contribution in [-0.2, 0) is 17.7 Å². The fourth-order valence-electron chi connectivity index (χ4n) is 3.42. The van der Waals surface area contributed by atoms with Gasteiger partial charge in [0, 0.05) is 11.5 Å². The molecule has 0 bridgehead atoms. The summed E-state index contributed by atoms with van der Waals surface area (Å²) in [5, 5.41) is 18.7. The van der Waals surface area contributed by atoms with Gasteiger partial charge in [0.05, 0.1) is 18.0 Å². The van der Waals surface area contributed by atoms with E-state index in [1.807, 2.05) is 13.0 Å². The maximum atomic E-state index is 13.4. The average molecular weight is 414 g/mol. The summed E-state index contributed by atoms with van der Waals surface area (Å²) in [5.74, 6) is 0. The van der Waals surface area contributed by atoms with Crippen LogP contribution in [0.25, 0.3) is 10.2 Å². The SMILES string of the molecule is CCc1c(C)sc2nc(Sc3ccc(C#N)nn3)n(CC3CCCO3)c(=O)c12. The van der Waals surface area contributed by atoms with Crippen LogP contribution in [0.4, 0.5) is 0 Å². The van der Waals surface area contributed by atoms with E-state index in [-0.39, 0.29) is 17.4 Å². The Labute approximate surface area is 170 Å². The first-order valence-electron chi connectivity index (χ1n) is 9.16. The number of ether oxygens (including phenoxy) is 1. The quantitative estimate of drug-likeness (QED) is 0.592. The van der Waals surface area contributed by atoms with Crippen molar-refractivity contribution in [3.8, 4) is 6.07 Å². The fourth-order valence-corrected chi connectivity index (χ4v) is 5.39. The molecule has 0 spiro atoms. The molecule has 28 heavy (non-hydrogen) atoms. The highest BCUT2D eigenvalue weighted by Gasteiger charge is 2.23. The van der Waals surface area contributed by atoms with Crippen molar-refractivity contribution in [2.75, 3.05) is 6.61 Å². The van der Waals surface area contributed by atoms with Gasteiger partial charge in [-0.2, -0.15) is 5.26 Å². The minimum atomic E-state index is -0.0224. The van der Waals surface area contributed by atoms with Gasteiger partial charge in [0.2, 0.25) is 0 Å². The predicted molar refractivity (Wildman–Crippen MR) is 108 cm³/mol. The van der Waals surface area contributed by atoms with Gasteiger partial charge in [-0.15, -0.1) is 21.5 Å². The van der Waals surface area contributed by atoms with Crippen molar-refractivity contribution in [1.82, 2.24) is 19.7 Å². The minimum Gasteiger partial charge on any atom is -0.376 e. The molecule has 4 rings (SSSR count). The number of fused-ring (bicyclic) bond motifs is 1. The highest BCUT2D eigenvalue weighted by Crippen LogP contribution is 2.31. The van der Waals surface area contributed by atoms with Gasteiger partial charge in [0.1, 0.15) is 15.9 Å². The lowest BCUT2D eigenvalue weighted by Gasteiger charge is -2.15. The van der Waals surface area contributed by atoms with Gasteiger partial charge in [-0.25, -0.2) is 4.98 Å².